The van der Waals surface area contributed by atoms with Gasteiger partial charge in [0.1, 0.15) is 0 Å². The van der Waals surface area contributed by atoms with Gasteiger partial charge in [0.05, 0.1) is 13.2 Å². The van der Waals surface area contributed by atoms with Gasteiger partial charge in [-0.05, 0) is 25.0 Å². The first-order valence-corrected chi connectivity index (χ1v) is 7.74. The van der Waals surface area contributed by atoms with E-state index in [0.717, 1.165) is 37.4 Å². The van der Waals surface area contributed by atoms with Crippen molar-refractivity contribution in [2.45, 2.75) is 26.8 Å². The first kappa shape index (κ1) is 16.0. The van der Waals surface area contributed by atoms with E-state index < -0.39 is 0 Å². The number of carbonyl (C=O) groups is 1. The van der Waals surface area contributed by atoms with E-state index in [1.165, 1.54) is 0 Å². The van der Waals surface area contributed by atoms with Gasteiger partial charge in [0.15, 0.2) is 0 Å². The fraction of sp³-hybridized carbons (Fsp3) is 0.588. The van der Waals surface area contributed by atoms with Gasteiger partial charge >= 0.3 is 0 Å². The summed E-state index contributed by atoms with van der Waals surface area (Å²) in [6.45, 7) is 10.6. The monoisotopic (exact) mass is 290 g/mol. The predicted molar refractivity (Wildman–Crippen MR) is 84.5 cm³/mol. The zero-order valence-electron chi connectivity index (χ0n) is 13.3. The van der Waals surface area contributed by atoms with Crippen molar-refractivity contribution in [1.82, 2.24) is 10.2 Å². The lowest BCUT2D eigenvalue weighted by atomic mass is 10.0. The topological polar surface area (TPSA) is 41.6 Å². The second-order valence-corrected chi connectivity index (χ2v) is 6.04. The number of morpholine rings is 1. The van der Waals surface area contributed by atoms with Crippen molar-refractivity contribution >= 4 is 5.91 Å². The number of nitrogens with one attached hydrogen (secondary N) is 1. The molecular formula is C17H26N2O2. The number of benzene rings is 1. The minimum atomic E-state index is 0.0117. The average molecular weight is 290 g/mol. The van der Waals surface area contributed by atoms with Crippen molar-refractivity contribution in [2.24, 2.45) is 5.92 Å². The summed E-state index contributed by atoms with van der Waals surface area (Å²) in [7, 11) is 0. The van der Waals surface area contributed by atoms with Crippen molar-refractivity contribution < 1.29 is 9.53 Å². The lowest BCUT2D eigenvalue weighted by Gasteiger charge is -2.36. The Morgan fingerprint density at radius 2 is 2.05 bits per heavy atom. The van der Waals surface area contributed by atoms with Gasteiger partial charge in [-0.3, -0.25) is 9.69 Å². The quantitative estimate of drug-likeness (QED) is 0.903. The maximum absolute atomic E-state index is 12.3. The number of carbonyl (C=O) groups excluding carboxylic acids is 1. The summed E-state index contributed by atoms with van der Waals surface area (Å²) in [6.07, 6.45) is 0. The highest BCUT2D eigenvalue weighted by Gasteiger charge is 2.24. The molecule has 1 unspecified atom stereocenters. The molecule has 1 saturated heterocycles. The zero-order valence-corrected chi connectivity index (χ0v) is 13.3. The predicted octanol–water partition coefficient (Wildman–Crippen LogP) is 2.08. The second-order valence-electron chi connectivity index (χ2n) is 6.04. The Balaban J connectivity index is 1.93. The Labute approximate surface area is 127 Å². The molecule has 0 aliphatic carbocycles. The molecule has 1 aromatic rings. The third kappa shape index (κ3) is 4.55. The SMILES string of the molecule is Cc1cccc(C(=O)NCC(C(C)C)N2CCOCC2)c1. The van der Waals surface area contributed by atoms with Crippen LogP contribution in [0.4, 0.5) is 0 Å². The molecule has 2 rings (SSSR count). The van der Waals surface area contributed by atoms with Crippen LogP contribution in [0, 0.1) is 12.8 Å². The molecule has 0 spiro atoms. The molecule has 1 aliphatic heterocycles. The molecule has 116 valence electrons. The number of nitrogens with zero attached hydrogens (tertiary/aromatic N) is 1. The van der Waals surface area contributed by atoms with E-state index in [1.807, 2.05) is 31.2 Å². The van der Waals surface area contributed by atoms with E-state index in [4.69, 9.17) is 4.74 Å². The van der Waals surface area contributed by atoms with Gasteiger partial charge in [0.2, 0.25) is 0 Å². The van der Waals surface area contributed by atoms with Crippen molar-refractivity contribution in [3.63, 3.8) is 0 Å². The van der Waals surface area contributed by atoms with Crippen LogP contribution in [0.3, 0.4) is 0 Å². The summed E-state index contributed by atoms with van der Waals surface area (Å²) in [5.41, 5.74) is 1.84. The Bertz CT molecular complexity index is 468. The maximum Gasteiger partial charge on any atom is 0.251 e. The summed E-state index contributed by atoms with van der Waals surface area (Å²) >= 11 is 0. The zero-order chi connectivity index (χ0) is 15.2. The van der Waals surface area contributed by atoms with Crippen molar-refractivity contribution in [2.75, 3.05) is 32.8 Å². The van der Waals surface area contributed by atoms with Crippen LogP contribution in [0.15, 0.2) is 24.3 Å². The molecule has 1 heterocycles. The molecule has 1 amide bonds. The summed E-state index contributed by atoms with van der Waals surface area (Å²) < 4.78 is 5.41. The van der Waals surface area contributed by atoms with Gasteiger partial charge in [-0.2, -0.15) is 0 Å². The number of hydrogen-bond donors (Lipinski definition) is 1. The first-order valence-electron chi connectivity index (χ1n) is 7.74. The number of rotatable bonds is 5. The van der Waals surface area contributed by atoms with Crippen LogP contribution in [0.25, 0.3) is 0 Å². The van der Waals surface area contributed by atoms with Crippen molar-refractivity contribution in [3.05, 3.63) is 35.4 Å². The Morgan fingerprint density at radius 1 is 1.33 bits per heavy atom. The van der Waals surface area contributed by atoms with Crippen LogP contribution in [0.5, 0.6) is 0 Å². The fourth-order valence-corrected chi connectivity index (χ4v) is 2.78. The van der Waals surface area contributed by atoms with E-state index in [0.29, 0.717) is 18.5 Å². The molecule has 21 heavy (non-hydrogen) atoms. The highest BCUT2D eigenvalue weighted by atomic mass is 16.5. The smallest absolute Gasteiger partial charge is 0.251 e. The summed E-state index contributed by atoms with van der Waals surface area (Å²) in [4.78, 5) is 14.7. The van der Waals surface area contributed by atoms with E-state index in [-0.39, 0.29) is 5.91 Å². The van der Waals surface area contributed by atoms with Crippen LogP contribution in [-0.2, 0) is 4.74 Å². The number of hydrogen-bond acceptors (Lipinski definition) is 3. The lowest BCUT2D eigenvalue weighted by molar-refractivity contribution is 0.00673. The van der Waals surface area contributed by atoms with Gasteiger partial charge in [-0.1, -0.05) is 31.5 Å². The van der Waals surface area contributed by atoms with Gasteiger partial charge in [-0.25, -0.2) is 0 Å². The summed E-state index contributed by atoms with van der Waals surface area (Å²) in [5, 5.41) is 3.08. The van der Waals surface area contributed by atoms with E-state index >= 15 is 0 Å². The number of amides is 1. The standard InChI is InChI=1S/C17H26N2O2/c1-13(2)16(19-7-9-21-10-8-19)12-18-17(20)15-6-4-5-14(3)11-15/h4-6,11,13,16H,7-10,12H2,1-3H3,(H,18,20). The number of ether oxygens (including phenoxy) is 1. The first-order chi connectivity index (χ1) is 10.1. The Kier molecular flexibility index (Phi) is 5.76. The van der Waals surface area contributed by atoms with Crippen molar-refractivity contribution in [1.29, 1.82) is 0 Å². The van der Waals surface area contributed by atoms with Crippen LogP contribution >= 0.6 is 0 Å². The third-order valence-electron chi connectivity index (χ3n) is 4.04. The molecule has 1 aromatic carbocycles. The Hall–Kier alpha value is -1.39. The maximum atomic E-state index is 12.3. The molecule has 4 heteroatoms. The van der Waals surface area contributed by atoms with Gasteiger partial charge in [0, 0.05) is 31.2 Å². The fourth-order valence-electron chi connectivity index (χ4n) is 2.78. The second kappa shape index (κ2) is 7.57. The molecule has 0 saturated carbocycles. The summed E-state index contributed by atoms with van der Waals surface area (Å²) in [5.74, 6) is 0.513. The third-order valence-corrected chi connectivity index (χ3v) is 4.04. The van der Waals surface area contributed by atoms with E-state index in [2.05, 4.69) is 24.1 Å². The van der Waals surface area contributed by atoms with E-state index in [1.54, 1.807) is 0 Å². The average Bonchev–Trinajstić information content (AvgIpc) is 2.48. The molecular weight excluding hydrogens is 264 g/mol. The molecule has 0 radical (unpaired) electrons. The van der Waals surface area contributed by atoms with Crippen LogP contribution in [0.1, 0.15) is 29.8 Å². The summed E-state index contributed by atoms with van der Waals surface area (Å²) in [6, 6.07) is 8.08. The molecule has 0 aromatic heterocycles. The van der Waals surface area contributed by atoms with Crippen LogP contribution in [0.2, 0.25) is 0 Å². The molecule has 4 nitrogen and oxygen atoms in total. The minimum Gasteiger partial charge on any atom is -0.379 e. The normalized spacial score (nSPS) is 17.7. The molecule has 0 bridgehead atoms. The molecule has 1 aliphatic rings. The van der Waals surface area contributed by atoms with Gasteiger partial charge < -0.3 is 10.1 Å². The number of aryl methyl sites for hydroxylation is 1. The largest absolute Gasteiger partial charge is 0.379 e. The van der Waals surface area contributed by atoms with E-state index in [9.17, 15) is 4.79 Å². The van der Waals surface area contributed by atoms with Crippen LogP contribution in [-0.4, -0.2) is 49.7 Å². The van der Waals surface area contributed by atoms with Gasteiger partial charge in [-0.15, -0.1) is 0 Å². The minimum absolute atomic E-state index is 0.0117. The highest BCUT2D eigenvalue weighted by molar-refractivity contribution is 5.94. The Morgan fingerprint density at radius 3 is 2.67 bits per heavy atom. The van der Waals surface area contributed by atoms with Crippen LogP contribution < -0.4 is 5.32 Å². The lowest BCUT2D eigenvalue weighted by Crippen LogP contribution is -2.51. The molecule has 1 fully saturated rings. The highest BCUT2D eigenvalue weighted by Crippen LogP contribution is 2.12. The molecule has 1 N–H and O–H groups in total. The van der Waals surface area contributed by atoms with Crippen molar-refractivity contribution in [3.8, 4) is 0 Å². The van der Waals surface area contributed by atoms with Gasteiger partial charge in [0.25, 0.3) is 5.91 Å². The molecule has 1 atom stereocenters.